The first-order valence-corrected chi connectivity index (χ1v) is 8.86. The number of rotatable bonds is 3. The molecule has 4 aliphatic rings. The van der Waals surface area contributed by atoms with Crippen molar-refractivity contribution in [3.05, 3.63) is 35.4 Å². The van der Waals surface area contributed by atoms with Crippen molar-refractivity contribution in [1.82, 2.24) is 4.90 Å². The van der Waals surface area contributed by atoms with Crippen LogP contribution in [0.2, 0.25) is 0 Å². The van der Waals surface area contributed by atoms with Crippen LogP contribution in [0, 0.1) is 0 Å². The summed E-state index contributed by atoms with van der Waals surface area (Å²) in [6.45, 7) is 2.04. The normalized spacial score (nSPS) is 33.5. The standard InChI is InChI=1S/C15H19NO3S/c17-15(5-6-15)14-4-2-1-3-11(14)8-16-9-12-7-13(10-16)20(12,18)19/h1-4,12-13,17H,5-10H2. The van der Waals surface area contributed by atoms with Crippen LogP contribution in [0.25, 0.3) is 0 Å². The summed E-state index contributed by atoms with van der Waals surface area (Å²) in [6.07, 6.45) is 2.51. The fraction of sp³-hybridized carbons (Fsp3) is 0.600. The van der Waals surface area contributed by atoms with Crippen LogP contribution < -0.4 is 0 Å². The van der Waals surface area contributed by atoms with Gasteiger partial charge in [-0.05, 0) is 30.4 Å². The molecular formula is C15H19NO3S. The number of fused-ring (bicyclic) bond motifs is 2. The van der Waals surface area contributed by atoms with Crippen LogP contribution in [-0.2, 0) is 22.0 Å². The van der Waals surface area contributed by atoms with Crippen LogP contribution in [-0.4, -0.2) is 42.0 Å². The lowest BCUT2D eigenvalue weighted by Gasteiger charge is -2.46. The smallest absolute Gasteiger partial charge is 0.158 e. The highest BCUT2D eigenvalue weighted by Gasteiger charge is 2.51. The third-order valence-electron chi connectivity index (χ3n) is 5.01. The molecule has 2 atom stereocenters. The van der Waals surface area contributed by atoms with Gasteiger partial charge in [0, 0.05) is 19.6 Å². The lowest BCUT2D eigenvalue weighted by atomic mass is 9.99. The third kappa shape index (κ3) is 1.84. The van der Waals surface area contributed by atoms with E-state index in [1.54, 1.807) is 0 Å². The van der Waals surface area contributed by atoms with Gasteiger partial charge in [-0.15, -0.1) is 0 Å². The second kappa shape index (κ2) is 4.06. The van der Waals surface area contributed by atoms with E-state index in [4.69, 9.17) is 0 Å². The van der Waals surface area contributed by atoms with E-state index < -0.39 is 15.4 Å². The molecule has 20 heavy (non-hydrogen) atoms. The number of benzene rings is 1. The van der Waals surface area contributed by atoms with E-state index >= 15 is 0 Å². The maximum atomic E-state index is 11.8. The lowest BCUT2D eigenvalue weighted by Crippen LogP contribution is -2.61. The molecule has 4 nitrogen and oxygen atoms in total. The van der Waals surface area contributed by atoms with Gasteiger partial charge in [0.05, 0.1) is 16.1 Å². The Morgan fingerprint density at radius 2 is 1.85 bits per heavy atom. The van der Waals surface area contributed by atoms with Gasteiger partial charge in [0.25, 0.3) is 0 Å². The van der Waals surface area contributed by atoms with Crippen molar-refractivity contribution < 1.29 is 13.5 Å². The number of hydrogen-bond acceptors (Lipinski definition) is 4. The summed E-state index contributed by atoms with van der Waals surface area (Å²) in [5.74, 6) is 0. The molecule has 1 saturated carbocycles. The Bertz CT molecular complexity index is 633. The summed E-state index contributed by atoms with van der Waals surface area (Å²) in [5, 5.41) is 10.0. The first kappa shape index (κ1) is 12.8. The summed E-state index contributed by atoms with van der Waals surface area (Å²) < 4.78 is 23.6. The number of nitrogens with zero attached hydrogens (tertiary/aromatic N) is 1. The van der Waals surface area contributed by atoms with Crippen LogP contribution in [0.15, 0.2) is 24.3 Å². The van der Waals surface area contributed by atoms with Gasteiger partial charge >= 0.3 is 0 Å². The zero-order chi connectivity index (χ0) is 14.0. The Morgan fingerprint density at radius 3 is 2.45 bits per heavy atom. The monoisotopic (exact) mass is 293 g/mol. The highest BCUT2D eigenvalue weighted by Crippen LogP contribution is 2.47. The molecule has 3 saturated heterocycles. The van der Waals surface area contributed by atoms with Crippen LogP contribution in [0.3, 0.4) is 0 Å². The van der Waals surface area contributed by atoms with Crippen LogP contribution in [0.5, 0.6) is 0 Å². The lowest BCUT2D eigenvalue weighted by molar-refractivity contribution is 0.146. The Balaban J connectivity index is 1.54. The highest BCUT2D eigenvalue weighted by molar-refractivity contribution is 7.94. The minimum Gasteiger partial charge on any atom is -0.385 e. The van der Waals surface area contributed by atoms with E-state index in [1.165, 1.54) is 0 Å². The fourth-order valence-electron chi connectivity index (χ4n) is 3.59. The molecule has 1 aromatic carbocycles. The first-order chi connectivity index (χ1) is 9.49. The van der Waals surface area contributed by atoms with E-state index in [9.17, 15) is 13.5 Å². The van der Waals surface area contributed by atoms with E-state index in [0.717, 1.165) is 36.9 Å². The molecule has 4 fully saturated rings. The predicted octanol–water partition coefficient (Wildman–Crippen LogP) is 1.04. The number of sulfone groups is 1. The molecule has 2 unspecified atom stereocenters. The second-order valence-corrected chi connectivity index (χ2v) is 8.96. The summed E-state index contributed by atoms with van der Waals surface area (Å²) >= 11 is 0. The minimum absolute atomic E-state index is 0.155. The van der Waals surface area contributed by atoms with Crippen molar-refractivity contribution in [1.29, 1.82) is 0 Å². The van der Waals surface area contributed by atoms with Crippen molar-refractivity contribution in [3.8, 4) is 0 Å². The molecule has 3 heterocycles. The Kier molecular flexibility index (Phi) is 2.60. The molecule has 2 bridgehead atoms. The van der Waals surface area contributed by atoms with Crippen LogP contribution in [0.4, 0.5) is 0 Å². The van der Waals surface area contributed by atoms with Crippen molar-refractivity contribution in [2.24, 2.45) is 0 Å². The molecule has 3 aliphatic heterocycles. The zero-order valence-corrected chi connectivity index (χ0v) is 12.1. The summed E-state index contributed by atoms with van der Waals surface area (Å²) in [6, 6.07) is 8.02. The van der Waals surface area contributed by atoms with Gasteiger partial charge < -0.3 is 5.11 Å². The van der Waals surface area contributed by atoms with Gasteiger partial charge in [-0.2, -0.15) is 0 Å². The third-order valence-corrected chi connectivity index (χ3v) is 7.56. The van der Waals surface area contributed by atoms with Gasteiger partial charge in [-0.3, -0.25) is 4.90 Å². The zero-order valence-electron chi connectivity index (χ0n) is 11.3. The van der Waals surface area contributed by atoms with Crippen molar-refractivity contribution in [2.75, 3.05) is 13.1 Å². The number of aliphatic hydroxyl groups is 1. The molecule has 0 amide bonds. The Morgan fingerprint density at radius 1 is 1.20 bits per heavy atom. The topological polar surface area (TPSA) is 57.6 Å². The molecule has 5 rings (SSSR count). The maximum Gasteiger partial charge on any atom is 0.158 e. The number of hydrogen-bond donors (Lipinski definition) is 1. The summed E-state index contributed by atoms with van der Waals surface area (Å²) in [4.78, 5) is 2.23. The molecule has 0 aromatic heterocycles. The quantitative estimate of drug-likeness (QED) is 0.904. The van der Waals surface area contributed by atoms with Gasteiger partial charge in [-0.25, -0.2) is 8.42 Å². The van der Waals surface area contributed by atoms with Gasteiger partial charge in [-0.1, -0.05) is 24.3 Å². The van der Waals surface area contributed by atoms with Crippen LogP contribution in [0.1, 0.15) is 30.4 Å². The molecule has 5 heteroatoms. The van der Waals surface area contributed by atoms with Gasteiger partial charge in [0.2, 0.25) is 0 Å². The average Bonchev–Trinajstić information content (AvgIpc) is 3.18. The van der Waals surface area contributed by atoms with Crippen molar-refractivity contribution in [3.63, 3.8) is 0 Å². The molecule has 0 spiro atoms. The van der Waals surface area contributed by atoms with Crippen molar-refractivity contribution in [2.45, 2.75) is 41.9 Å². The summed E-state index contributed by atoms with van der Waals surface area (Å²) in [5.41, 5.74) is 1.55. The second-order valence-electron chi connectivity index (χ2n) is 6.45. The van der Waals surface area contributed by atoms with Gasteiger partial charge in [0.1, 0.15) is 0 Å². The van der Waals surface area contributed by atoms with Crippen LogP contribution >= 0.6 is 0 Å². The molecule has 1 aliphatic carbocycles. The van der Waals surface area contributed by atoms with Crippen molar-refractivity contribution >= 4 is 9.84 Å². The fourth-order valence-corrected chi connectivity index (χ4v) is 5.61. The number of piperidine rings is 1. The molecular weight excluding hydrogens is 274 g/mol. The predicted molar refractivity (Wildman–Crippen MR) is 76.0 cm³/mol. The minimum atomic E-state index is -2.81. The molecule has 1 N–H and O–H groups in total. The summed E-state index contributed by atoms with van der Waals surface area (Å²) in [7, 11) is -2.81. The van der Waals surface area contributed by atoms with E-state index in [-0.39, 0.29) is 10.5 Å². The largest absolute Gasteiger partial charge is 0.385 e. The average molecular weight is 293 g/mol. The highest BCUT2D eigenvalue weighted by atomic mass is 32.2. The van der Waals surface area contributed by atoms with E-state index in [2.05, 4.69) is 11.0 Å². The van der Waals surface area contributed by atoms with E-state index in [0.29, 0.717) is 13.1 Å². The van der Waals surface area contributed by atoms with E-state index in [1.807, 2.05) is 18.2 Å². The Hall–Kier alpha value is -0.910. The van der Waals surface area contributed by atoms with Gasteiger partial charge in [0.15, 0.2) is 9.84 Å². The SMILES string of the molecule is O=S1(=O)C2CC1CN(Cc1ccccc1C1(O)CC1)C2. The first-order valence-electron chi connectivity index (χ1n) is 7.25. The maximum absolute atomic E-state index is 11.8. The molecule has 0 radical (unpaired) electrons. The molecule has 108 valence electrons. The molecule has 1 aromatic rings. The Labute approximate surface area is 119 Å².